The molecule has 0 aliphatic carbocycles. The summed E-state index contributed by atoms with van der Waals surface area (Å²) in [5, 5.41) is 4.56. The van der Waals surface area contributed by atoms with Gasteiger partial charge in [0.15, 0.2) is 0 Å². The fraction of sp³-hybridized carbons (Fsp3) is 0.304. The number of aromatic nitrogens is 2. The van der Waals surface area contributed by atoms with Gasteiger partial charge in [-0.05, 0) is 56.7 Å². The Labute approximate surface area is 166 Å². The van der Waals surface area contributed by atoms with Crippen molar-refractivity contribution < 1.29 is 4.79 Å². The molecule has 2 heterocycles. The van der Waals surface area contributed by atoms with Gasteiger partial charge in [-0.1, -0.05) is 29.8 Å². The summed E-state index contributed by atoms with van der Waals surface area (Å²) in [6.07, 6.45) is 0. The van der Waals surface area contributed by atoms with Crippen LogP contribution < -0.4 is 4.90 Å². The van der Waals surface area contributed by atoms with Crippen molar-refractivity contribution in [2.75, 3.05) is 31.1 Å². The van der Waals surface area contributed by atoms with Crippen LogP contribution in [-0.4, -0.2) is 46.8 Å². The molecule has 5 nitrogen and oxygen atoms in total. The van der Waals surface area contributed by atoms with Crippen molar-refractivity contribution in [1.82, 2.24) is 14.7 Å². The van der Waals surface area contributed by atoms with E-state index < -0.39 is 0 Å². The number of benzene rings is 2. The zero-order valence-corrected chi connectivity index (χ0v) is 16.7. The standard InChI is InChI=1S/C23H26N4O/c1-17-7-9-20(10-8-17)27-22(16-19(3)24-27)23(28)26-13-11-25(12-14-26)21-6-4-5-18(2)15-21/h4-10,15-16H,11-14H2,1-3H3. The Morgan fingerprint density at radius 2 is 1.54 bits per heavy atom. The lowest BCUT2D eigenvalue weighted by atomic mass is 10.2. The average molecular weight is 374 g/mol. The Balaban J connectivity index is 1.51. The molecule has 144 valence electrons. The maximum absolute atomic E-state index is 13.2. The minimum absolute atomic E-state index is 0.0464. The molecule has 1 fully saturated rings. The lowest BCUT2D eigenvalue weighted by Gasteiger charge is -2.36. The third kappa shape index (κ3) is 3.65. The molecule has 0 saturated carbocycles. The molecule has 0 N–H and O–H groups in total. The zero-order chi connectivity index (χ0) is 19.7. The van der Waals surface area contributed by atoms with Crippen molar-refractivity contribution in [3.63, 3.8) is 0 Å². The predicted molar refractivity (Wildman–Crippen MR) is 112 cm³/mol. The fourth-order valence-electron chi connectivity index (χ4n) is 3.69. The van der Waals surface area contributed by atoms with E-state index in [1.54, 1.807) is 4.68 Å². The van der Waals surface area contributed by atoms with Crippen molar-refractivity contribution in [3.05, 3.63) is 77.1 Å². The fourth-order valence-corrected chi connectivity index (χ4v) is 3.69. The summed E-state index contributed by atoms with van der Waals surface area (Å²) in [7, 11) is 0. The molecule has 4 rings (SSSR count). The van der Waals surface area contributed by atoms with Gasteiger partial charge in [0, 0.05) is 31.9 Å². The van der Waals surface area contributed by atoms with E-state index in [1.807, 2.05) is 42.2 Å². The van der Waals surface area contributed by atoms with E-state index in [0.717, 1.165) is 24.5 Å². The maximum Gasteiger partial charge on any atom is 0.272 e. The van der Waals surface area contributed by atoms with Crippen molar-refractivity contribution in [2.45, 2.75) is 20.8 Å². The third-order valence-electron chi connectivity index (χ3n) is 5.26. The Bertz CT molecular complexity index is 982. The smallest absolute Gasteiger partial charge is 0.272 e. The second-order valence-electron chi connectivity index (χ2n) is 7.54. The maximum atomic E-state index is 13.2. The highest BCUT2D eigenvalue weighted by atomic mass is 16.2. The Hall–Kier alpha value is -3.08. The number of piperazine rings is 1. The average Bonchev–Trinajstić information content (AvgIpc) is 3.10. The largest absolute Gasteiger partial charge is 0.368 e. The van der Waals surface area contributed by atoms with E-state index in [4.69, 9.17) is 0 Å². The monoisotopic (exact) mass is 374 g/mol. The first-order valence-electron chi connectivity index (χ1n) is 9.76. The van der Waals surface area contributed by atoms with Gasteiger partial charge in [-0.15, -0.1) is 0 Å². The van der Waals surface area contributed by atoms with Gasteiger partial charge in [0.1, 0.15) is 5.69 Å². The van der Waals surface area contributed by atoms with Gasteiger partial charge in [0.2, 0.25) is 0 Å². The van der Waals surface area contributed by atoms with Crippen LogP contribution in [0.2, 0.25) is 0 Å². The SMILES string of the molecule is Cc1ccc(-n2nc(C)cc2C(=O)N2CCN(c3cccc(C)c3)CC2)cc1. The second kappa shape index (κ2) is 7.50. The molecule has 0 unspecified atom stereocenters. The molecule has 0 atom stereocenters. The number of hydrogen-bond acceptors (Lipinski definition) is 3. The van der Waals surface area contributed by atoms with Crippen LogP contribution in [0, 0.1) is 20.8 Å². The van der Waals surface area contributed by atoms with Crippen molar-refractivity contribution in [1.29, 1.82) is 0 Å². The number of aryl methyl sites for hydroxylation is 3. The van der Waals surface area contributed by atoms with Gasteiger partial charge >= 0.3 is 0 Å². The van der Waals surface area contributed by atoms with E-state index in [9.17, 15) is 4.79 Å². The normalized spacial score (nSPS) is 14.4. The number of anilines is 1. The summed E-state index contributed by atoms with van der Waals surface area (Å²) in [6.45, 7) is 9.20. The van der Waals surface area contributed by atoms with Crippen LogP contribution in [0.3, 0.4) is 0 Å². The molecular weight excluding hydrogens is 348 g/mol. The molecule has 0 spiro atoms. The van der Waals surface area contributed by atoms with E-state index in [0.29, 0.717) is 18.8 Å². The van der Waals surface area contributed by atoms with E-state index >= 15 is 0 Å². The van der Waals surface area contributed by atoms with Crippen LogP contribution >= 0.6 is 0 Å². The van der Waals surface area contributed by atoms with Gasteiger partial charge < -0.3 is 9.80 Å². The predicted octanol–water partition coefficient (Wildman–Crippen LogP) is 3.76. The third-order valence-corrected chi connectivity index (χ3v) is 5.26. The van der Waals surface area contributed by atoms with Crippen molar-refractivity contribution in [2.24, 2.45) is 0 Å². The van der Waals surface area contributed by atoms with Crippen LogP contribution in [0.5, 0.6) is 0 Å². The molecule has 1 aromatic heterocycles. The van der Waals surface area contributed by atoms with Gasteiger partial charge in [0.05, 0.1) is 11.4 Å². The number of amides is 1. The van der Waals surface area contributed by atoms with E-state index in [-0.39, 0.29) is 5.91 Å². The Morgan fingerprint density at radius 3 is 2.21 bits per heavy atom. The first kappa shape index (κ1) is 18.3. The van der Waals surface area contributed by atoms with Crippen LogP contribution in [-0.2, 0) is 0 Å². The molecule has 0 bridgehead atoms. The molecule has 5 heteroatoms. The molecule has 1 aliphatic heterocycles. The zero-order valence-electron chi connectivity index (χ0n) is 16.7. The molecule has 28 heavy (non-hydrogen) atoms. The molecule has 2 aromatic carbocycles. The summed E-state index contributed by atoms with van der Waals surface area (Å²) >= 11 is 0. The lowest BCUT2D eigenvalue weighted by molar-refractivity contribution is 0.0737. The molecular formula is C23H26N4O. The lowest BCUT2D eigenvalue weighted by Crippen LogP contribution is -2.49. The summed E-state index contributed by atoms with van der Waals surface area (Å²) in [6, 6.07) is 18.5. The minimum atomic E-state index is 0.0464. The first-order valence-corrected chi connectivity index (χ1v) is 9.76. The highest BCUT2D eigenvalue weighted by Gasteiger charge is 2.25. The van der Waals surface area contributed by atoms with E-state index in [2.05, 4.69) is 48.1 Å². The van der Waals surface area contributed by atoms with Crippen molar-refractivity contribution >= 4 is 11.6 Å². The van der Waals surface area contributed by atoms with Gasteiger partial charge in [-0.3, -0.25) is 4.79 Å². The second-order valence-corrected chi connectivity index (χ2v) is 7.54. The summed E-state index contributed by atoms with van der Waals surface area (Å²) < 4.78 is 1.77. The number of hydrogen-bond donors (Lipinski definition) is 0. The van der Waals surface area contributed by atoms with Gasteiger partial charge in [-0.2, -0.15) is 5.10 Å². The van der Waals surface area contributed by atoms with Crippen LogP contribution in [0.15, 0.2) is 54.6 Å². The number of nitrogens with zero attached hydrogens (tertiary/aromatic N) is 4. The Morgan fingerprint density at radius 1 is 0.821 bits per heavy atom. The molecule has 3 aromatic rings. The van der Waals surface area contributed by atoms with Crippen LogP contribution in [0.4, 0.5) is 5.69 Å². The molecule has 1 aliphatic rings. The summed E-state index contributed by atoms with van der Waals surface area (Å²) in [4.78, 5) is 17.5. The van der Waals surface area contributed by atoms with Crippen molar-refractivity contribution in [3.8, 4) is 5.69 Å². The highest BCUT2D eigenvalue weighted by Crippen LogP contribution is 2.20. The molecule has 1 saturated heterocycles. The van der Waals surface area contributed by atoms with E-state index in [1.165, 1.54) is 16.8 Å². The highest BCUT2D eigenvalue weighted by molar-refractivity contribution is 5.93. The van der Waals surface area contributed by atoms with Gasteiger partial charge in [0.25, 0.3) is 5.91 Å². The summed E-state index contributed by atoms with van der Waals surface area (Å²) in [5.74, 6) is 0.0464. The Kier molecular flexibility index (Phi) is 4.90. The molecule has 1 amide bonds. The quantitative estimate of drug-likeness (QED) is 0.701. The van der Waals surface area contributed by atoms with Crippen LogP contribution in [0.25, 0.3) is 5.69 Å². The van der Waals surface area contributed by atoms with Crippen LogP contribution in [0.1, 0.15) is 27.3 Å². The summed E-state index contributed by atoms with van der Waals surface area (Å²) in [5.41, 5.74) is 6.07. The van der Waals surface area contributed by atoms with Gasteiger partial charge in [-0.25, -0.2) is 4.68 Å². The molecule has 0 radical (unpaired) electrons. The number of carbonyl (C=O) groups excluding carboxylic acids is 1. The minimum Gasteiger partial charge on any atom is -0.368 e. The topological polar surface area (TPSA) is 41.4 Å². The number of carbonyl (C=O) groups is 1. The first-order chi connectivity index (χ1) is 13.5. The number of rotatable bonds is 3.